The van der Waals surface area contributed by atoms with E-state index >= 15 is 0 Å². The molecule has 2 aromatic heterocycles. The Morgan fingerprint density at radius 2 is 0.583 bits per heavy atom. The average molecular weight is 761 g/mol. The molecule has 0 aliphatic carbocycles. The Kier molecular flexibility index (Phi) is 7.05. The Morgan fingerprint density at radius 3 is 1.02 bits per heavy atom. The molecule has 0 aliphatic heterocycles. The van der Waals surface area contributed by atoms with Gasteiger partial charge in [0.1, 0.15) is 0 Å². The van der Waals surface area contributed by atoms with Crippen molar-refractivity contribution in [3.8, 4) is 33.6 Å². The Hall–Kier alpha value is -7.94. The van der Waals surface area contributed by atoms with Gasteiger partial charge in [0.2, 0.25) is 0 Å². The SMILES string of the molecule is c1ccc(-n2c3cc(-c4cccc5ccccc45)c4ccccc4c3c3ccc4c5c6ccccc6c(-c6cccc7ccccc67)cc5n(-c5ccccc5)c4c32)cc1. The predicted molar refractivity (Wildman–Crippen MR) is 256 cm³/mol. The molecule has 60 heavy (non-hydrogen) atoms. The van der Waals surface area contributed by atoms with Gasteiger partial charge in [-0.3, -0.25) is 0 Å². The molecule has 13 rings (SSSR count). The van der Waals surface area contributed by atoms with Crippen LogP contribution in [0, 0.1) is 0 Å². The molecule has 0 bridgehead atoms. The van der Waals surface area contributed by atoms with Crippen LogP contribution in [0.1, 0.15) is 0 Å². The number of hydrogen-bond acceptors (Lipinski definition) is 0. The predicted octanol–water partition coefficient (Wildman–Crippen LogP) is 15.8. The van der Waals surface area contributed by atoms with Gasteiger partial charge in [-0.25, -0.2) is 0 Å². The quantitative estimate of drug-likeness (QED) is 0.169. The molecular weight excluding hydrogens is 725 g/mol. The van der Waals surface area contributed by atoms with Crippen molar-refractivity contribution in [1.82, 2.24) is 9.13 Å². The molecule has 2 heteroatoms. The number of benzene rings is 11. The number of rotatable bonds is 4. The summed E-state index contributed by atoms with van der Waals surface area (Å²) < 4.78 is 5.08. The van der Waals surface area contributed by atoms with Crippen LogP contribution in [0.2, 0.25) is 0 Å². The molecule has 0 atom stereocenters. The molecule has 0 radical (unpaired) electrons. The van der Waals surface area contributed by atoms with Gasteiger partial charge >= 0.3 is 0 Å². The molecule has 0 spiro atoms. The van der Waals surface area contributed by atoms with Crippen molar-refractivity contribution in [2.24, 2.45) is 0 Å². The van der Waals surface area contributed by atoms with Crippen LogP contribution in [0.4, 0.5) is 0 Å². The summed E-state index contributed by atoms with van der Waals surface area (Å²) in [6.45, 7) is 0. The molecule has 0 N–H and O–H groups in total. The minimum atomic E-state index is 1.13. The van der Waals surface area contributed by atoms with E-state index in [0.29, 0.717) is 0 Å². The second-order valence-corrected chi connectivity index (χ2v) is 16.0. The van der Waals surface area contributed by atoms with E-state index in [2.05, 4.69) is 228 Å². The lowest BCUT2D eigenvalue weighted by atomic mass is 9.91. The van der Waals surface area contributed by atoms with Crippen LogP contribution < -0.4 is 0 Å². The maximum absolute atomic E-state index is 2.54. The number of nitrogens with zero attached hydrogens (tertiary/aromatic N) is 2. The molecule has 13 aromatic rings. The molecule has 0 saturated carbocycles. The van der Waals surface area contributed by atoms with Crippen LogP contribution in [0.25, 0.3) is 120 Å². The van der Waals surface area contributed by atoms with Crippen molar-refractivity contribution in [3.05, 3.63) is 218 Å². The molecule has 0 unspecified atom stereocenters. The van der Waals surface area contributed by atoms with Crippen LogP contribution >= 0.6 is 0 Å². The Balaban J connectivity index is 1.27. The smallest absolute Gasteiger partial charge is 0.0789 e. The van der Waals surface area contributed by atoms with Gasteiger partial charge in [-0.05, 0) is 102 Å². The van der Waals surface area contributed by atoms with E-state index < -0.39 is 0 Å². The Bertz CT molecular complexity index is 3600. The Morgan fingerprint density at radius 1 is 0.233 bits per heavy atom. The maximum atomic E-state index is 2.54. The number of para-hydroxylation sites is 2. The maximum Gasteiger partial charge on any atom is 0.0789 e. The highest BCUT2D eigenvalue weighted by molar-refractivity contribution is 6.33. The standard InChI is InChI=1S/C58H36N2/c1-3-21-39(22-4-1)59-53-35-51(43-31-15-19-37-17-7-9-25-41(37)43)45-27-11-13-29-47(45)55(53)49-33-34-50-56-48-30-14-12-28-46(48)52(44-32-16-20-38-18-8-10-26-42(38)44)36-54(56)60(58(50)57(49)59)40-23-5-2-6-24-40/h1-36H. The van der Waals surface area contributed by atoms with E-state index in [1.165, 1.54) is 109 Å². The van der Waals surface area contributed by atoms with Crippen molar-refractivity contribution >= 4 is 86.7 Å². The van der Waals surface area contributed by atoms with Gasteiger partial charge in [0.15, 0.2) is 0 Å². The van der Waals surface area contributed by atoms with E-state index in [-0.39, 0.29) is 0 Å². The molecule has 2 heterocycles. The lowest BCUT2D eigenvalue weighted by molar-refractivity contribution is 1.15. The van der Waals surface area contributed by atoms with Gasteiger partial charge in [-0.15, -0.1) is 0 Å². The van der Waals surface area contributed by atoms with Gasteiger partial charge < -0.3 is 9.13 Å². The van der Waals surface area contributed by atoms with E-state index in [4.69, 9.17) is 0 Å². The Labute approximate surface area is 346 Å². The topological polar surface area (TPSA) is 9.86 Å². The third-order valence-electron chi connectivity index (χ3n) is 12.9. The zero-order valence-corrected chi connectivity index (χ0v) is 32.7. The zero-order valence-electron chi connectivity index (χ0n) is 32.7. The minimum Gasteiger partial charge on any atom is -0.307 e. The fourth-order valence-corrected chi connectivity index (χ4v) is 10.4. The van der Waals surface area contributed by atoms with Crippen molar-refractivity contribution in [3.63, 3.8) is 0 Å². The molecule has 0 aliphatic rings. The molecule has 0 fully saturated rings. The average Bonchev–Trinajstić information content (AvgIpc) is 3.84. The van der Waals surface area contributed by atoms with Crippen LogP contribution in [0.3, 0.4) is 0 Å². The minimum absolute atomic E-state index is 1.13. The largest absolute Gasteiger partial charge is 0.307 e. The van der Waals surface area contributed by atoms with Crippen LogP contribution in [-0.2, 0) is 0 Å². The van der Waals surface area contributed by atoms with Crippen LogP contribution in [0.5, 0.6) is 0 Å². The highest BCUT2D eigenvalue weighted by Gasteiger charge is 2.25. The summed E-state index contributed by atoms with van der Waals surface area (Å²) in [5.74, 6) is 0. The van der Waals surface area contributed by atoms with E-state index in [0.717, 1.165) is 11.4 Å². The fourth-order valence-electron chi connectivity index (χ4n) is 10.4. The first kappa shape index (κ1) is 33.1. The van der Waals surface area contributed by atoms with E-state index in [1.807, 2.05) is 0 Å². The summed E-state index contributed by atoms with van der Waals surface area (Å²) in [5, 5.41) is 15.0. The highest BCUT2D eigenvalue weighted by atomic mass is 15.0. The molecule has 0 saturated heterocycles. The zero-order chi connectivity index (χ0) is 39.3. The molecule has 0 amide bonds. The van der Waals surface area contributed by atoms with Gasteiger partial charge in [-0.1, -0.05) is 182 Å². The number of aromatic nitrogens is 2. The summed E-state index contributed by atoms with van der Waals surface area (Å²) in [7, 11) is 0. The first-order valence-corrected chi connectivity index (χ1v) is 20.8. The lowest BCUT2D eigenvalue weighted by Gasteiger charge is -2.15. The van der Waals surface area contributed by atoms with E-state index in [1.54, 1.807) is 0 Å². The second-order valence-electron chi connectivity index (χ2n) is 16.0. The molecule has 2 nitrogen and oxygen atoms in total. The molecular formula is C58H36N2. The molecule has 11 aromatic carbocycles. The highest BCUT2D eigenvalue weighted by Crippen LogP contribution is 2.49. The second kappa shape index (κ2) is 12.8. The number of fused-ring (bicyclic) bond motifs is 13. The summed E-state index contributed by atoms with van der Waals surface area (Å²) in [6, 6.07) is 80.6. The van der Waals surface area contributed by atoms with Gasteiger partial charge in [0, 0.05) is 32.9 Å². The summed E-state index contributed by atoms with van der Waals surface area (Å²) >= 11 is 0. The molecule has 278 valence electrons. The number of hydrogen-bond donors (Lipinski definition) is 0. The van der Waals surface area contributed by atoms with Crippen LogP contribution in [0.15, 0.2) is 218 Å². The summed E-state index contributed by atoms with van der Waals surface area (Å²) in [6.07, 6.45) is 0. The van der Waals surface area contributed by atoms with Crippen molar-refractivity contribution < 1.29 is 0 Å². The third-order valence-corrected chi connectivity index (χ3v) is 12.9. The van der Waals surface area contributed by atoms with Crippen molar-refractivity contribution in [1.29, 1.82) is 0 Å². The van der Waals surface area contributed by atoms with Crippen LogP contribution in [-0.4, -0.2) is 9.13 Å². The van der Waals surface area contributed by atoms with Gasteiger partial charge in [0.25, 0.3) is 0 Å². The normalized spacial score (nSPS) is 12.0. The van der Waals surface area contributed by atoms with Crippen molar-refractivity contribution in [2.75, 3.05) is 0 Å². The lowest BCUT2D eigenvalue weighted by Crippen LogP contribution is -1.99. The summed E-state index contributed by atoms with van der Waals surface area (Å²) in [4.78, 5) is 0. The first-order valence-electron chi connectivity index (χ1n) is 20.8. The van der Waals surface area contributed by atoms with Gasteiger partial charge in [0.05, 0.1) is 22.1 Å². The fraction of sp³-hybridized carbons (Fsp3) is 0. The summed E-state index contributed by atoms with van der Waals surface area (Å²) in [5.41, 5.74) is 12.0. The van der Waals surface area contributed by atoms with Gasteiger partial charge in [-0.2, -0.15) is 0 Å². The first-order chi connectivity index (χ1) is 29.8. The monoisotopic (exact) mass is 760 g/mol. The van der Waals surface area contributed by atoms with Crippen molar-refractivity contribution in [2.45, 2.75) is 0 Å². The van der Waals surface area contributed by atoms with E-state index in [9.17, 15) is 0 Å². The third kappa shape index (κ3) is 4.64.